The summed E-state index contributed by atoms with van der Waals surface area (Å²) in [4.78, 5) is 40.8. The highest BCUT2D eigenvalue weighted by atomic mass is 79.9. The van der Waals surface area contributed by atoms with E-state index >= 15 is 0 Å². The van der Waals surface area contributed by atoms with Gasteiger partial charge in [-0.1, -0.05) is 12.1 Å². The minimum atomic E-state index is -0.391. The Morgan fingerprint density at radius 1 is 1.05 bits per heavy atom. The van der Waals surface area contributed by atoms with Gasteiger partial charge in [0.25, 0.3) is 11.1 Å². The molecule has 4 bridgehead atoms. The number of aryl methyl sites for hydroxylation is 2. The predicted molar refractivity (Wildman–Crippen MR) is 161 cm³/mol. The van der Waals surface area contributed by atoms with Crippen LogP contribution >= 0.6 is 27.7 Å². The van der Waals surface area contributed by atoms with Crippen molar-refractivity contribution in [1.82, 2.24) is 4.90 Å². The molecular weight excluding hydrogens is 606 g/mol. The summed E-state index contributed by atoms with van der Waals surface area (Å²) in [7, 11) is 1.53. The van der Waals surface area contributed by atoms with E-state index in [1.54, 1.807) is 18.2 Å². The van der Waals surface area contributed by atoms with Crippen molar-refractivity contribution in [2.75, 3.05) is 20.3 Å². The van der Waals surface area contributed by atoms with E-state index in [1.807, 2.05) is 32.0 Å². The Hall–Kier alpha value is -2.78. The van der Waals surface area contributed by atoms with Gasteiger partial charge in [0, 0.05) is 0 Å². The fraction of sp³-hybridized carbons (Fsp3) is 0.469. The Morgan fingerprint density at radius 3 is 2.39 bits per heavy atom. The molecule has 216 valence electrons. The van der Waals surface area contributed by atoms with E-state index in [0.29, 0.717) is 44.2 Å². The van der Waals surface area contributed by atoms with Crippen LogP contribution in [0.15, 0.2) is 39.7 Å². The molecule has 0 atom stereocenters. The average Bonchev–Trinajstić information content (AvgIpc) is 3.18. The van der Waals surface area contributed by atoms with Gasteiger partial charge in [-0.05, 0) is 139 Å². The number of carbonyl (C=O) groups excluding carboxylic acids is 3. The Bertz CT molecular complexity index is 1420. The minimum absolute atomic E-state index is 0.154. The van der Waals surface area contributed by atoms with Gasteiger partial charge >= 0.3 is 5.97 Å². The molecule has 4 saturated carbocycles. The van der Waals surface area contributed by atoms with Crippen molar-refractivity contribution in [3.05, 3.63) is 56.4 Å². The molecule has 1 heterocycles. The zero-order valence-corrected chi connectivity index (χ0v) is 25.9. The highest BCUT2D eigenvalue weighted by molar-refractivity contribution is 9.10. The largest absolute Gasteiger partial charge is 0.493 e. The molecule has 2 aromatic carbocycles. The van der Waals surface area contributed by atoms with Crippen LogP contribution in [0.2, 0.25) is 0 Å². The van der Waals surface area contributed by atoms with Gasteiger partial charge in [0.1, 0.15) is 12.4 Å². The molecule has 0 unspecified atom stereocenters. The normalized spacial score (nSPS) is 27.6. The molecule has 5 fully saturated rings. The fourth-order valence-corrected chi connectivity index (χ4v) is 8.84. The summed E-state index contributed by atoms with van der Waals surface area (Å²) >= 11 is 4.46. The number of thioether (sulfide) groups is 1. The van der Waals surface area contributed by atoms with E-state index in [4.69, 9.17) is 14.2 Å². The number of methoxy groups -OCH3 is 1. The van der Waals surface area contributed by atoms with Crippen molar-refractivity contribution >= 4 is 50.9 Å². The summed E-state index contributed by atoms with van der Waals surface area (Å²) in [6.07, 6.45) is 8.16. The number of imide groups is 1. The molecule has 0 spiro atoms. The third-order valence-corrected chi connectivity index (χ3v) is 10.5. The topological polar surface area (TPSA) is 82.1 Å². The Labute approximate surface area is 253 Å². The first-order valence-corrected chi connectivity index (χ1v) is 15.8. The molecule has 0 N–H and O–H groups in total. The summed E-state index contributed by atoms with van der Waals surface area (Å²) in [6, 6.07) is 9.44. The number of hydrogen-bond acceptors (Lipinski definition) is 7. The second-order valence-electron chi connectivity index (χ2n) is 12.1. The van der Waals surface area contributed by atoms with Gasteiger partial charge in [0.2, 0.25) is 0 Å². The maximum absolute atomic E-state index is 13.6. The summed E-state index contributed by atoms with van der Waals surface area (Å²) < 4.78 is 18.1. The number of nitrogens with zero attached hydrogens (tertiary/aromatic N) is 1. The van der Waals surface area contributed by atoms with Crippen LogP contribution in [0.25, 0.3) is 6.08 Å². The van der Waals surface area contributed by atoms with E-state index in [-0.39, 0.29) is 30.3 Å². The Kier molecular flexibility index (Phi) is 7.70. The summed E-state index contributed by atoms with van der Waals surface area (Å²) in [5.41, 5.74) is 2.34. The molecule has 4 aliphatic carbocycles. The van der Waals surface area contributed by atoms with Crippen LogP contribution in [0, 0.1) is 37.0 Å². The van der Waals surface area contributed by atoms with E-state index < -0.39 is 5.41 Å². The van der Waals surface area contributed by atoms with Gasteiger partial charge in [-0.25, -0.2) is 0 Å². The third kappa shape index (κ3) is 5.55. The molecule has 5 aliphatic rings. The maximum Gasteiger partial charge on any atom is 0.317 e. The first kappa shape index (κ1) is 28.3. The SMILES string of the molecule is COc1cc(/C=C2\SC(=O)N(CCOc3cc(C)ccc3C)C2=O)cc(Br)c1OC(=O)C12CC3CC(CC(C3)C1)C2. The maximum atomic E-state index is 13.6. The van der Waals surface area contributed by atoms with Crippen LogP contribution in [-0.2, 0) is 9.59 Å². The Morgan fingerprint density at radius 2 is 1.73 bits per heavy atom. The molecule has 1 aliphatic heterocycles. The number of ether oxygens (including phenoxy) is 3. The van der Waals surface area contributed by atoms with Crippen LogP contribution in [-0.4, -0.2) is 42.3 Å². The number of carbonyl (C=O) groups is 3. The third-order valence-electron chi connectivity index (χ3n) is 9.01. The van der Waals surface area contributed by atoms with Gasteiger partial charge in [-0.3, -0.25) is 19.3 Å². The fourth-order valence-electron chi connectivity index (χ4n) is 7.44. The van der Waals surface area contributed by atoms with Gasteiger partial charge < -0.3 is 14.2 Å². The minimum Gasteiger partial charge on any atom is -0.493 e. The van der Waals surface area contributed by atoms with Crippen molar-refractivity contribution in [2.24, 2.45) is 23.2 Å². The number of rotatable bonds is 8. The van der Waals surface area contributed by atoms with Crippen LogP contribution in [0.3, 0.4) is 0 Å². The first-order chi connectivity index (χ1) is 19.6. The lowest BCUT2D eigenvalue weighted by Gasteiger charge is -2.55. The lowest BCUT2D eigenvalue weighted by Crippen LogP contribution is -2.51. The predicted octanol–water partition coefficient (Wildman–Crippen LogP) is 7.31. The summed E-state index contributed by atoms with van der Waals surface area (Å²) in [6.45, 7) is 4.31. The number of esters is 1. The quantitative estimate of drug-likeness (QED) is 0.170. The lowest BCUT2D eigenvalue weighted by atomic mass is 9.49. The van der Waals surface area contributed by atoms with Gasteiger partial charge in [0.15, 0.2) is 11.5 Å². The highest BCUT2D eigenvalue weighted by Crippen LogP contribution is 2.60. The van der Waals surface area contributed by atoms with Crippen LogP contribution in [0.4, 0.5) is 4.79 Å². The molecule has 9 heteroatoms. The van der Waals surface area contributed by atoms with Crippen molar-refractivity contribution in [2.45, 2.75) is 52.4 Å². The van der Waals surface area contributed by atoms with Gasteiger partial charge in [0.05, 0.1) is 28.4 Å². The summed E-state index contributed by atoms with van der Waals surface area (Å²) in [5, 5.41) is -0.335. The number of halogens is 1. The van der Waals surface area contributed by atoms with Crippen molar-refractivity contribution < 1.29 is 28.6 Å². The zero-order chi connectivity index (χ0) is 28.9. The molecule has 2 amide bonds. The second kappa shape index (κ2) is 11.1. The van der Waals surface area contributed by atoms with Crippen LogP contribution < -0.4 is 14.2 Å². The standard InChI is InChI=1S/C32H34BrNO6S/c1-18-4-5-19(2)25(8-18)39-7-6-34-29(35)27(41-31(34)37)14-20-12-24(33)28(26(13-20)38-3)40-30(36)32-15-21-9-22(16-32)11-23(10-21)17-32/h4-5,8,12-14,21-23H,6-7,9-11,15-17H2,1-3H3/b27-14-. The van der Waals surface area contributed by atoms with Crippen LogP contribution in [0.5, 0.6) is 17.2 Å². The lowest BCUT2D eigenvalue weighted by molar-refractivity contribution is -0.161. The summed E-state index contributed by atoms with van der Waals surface area (Å²) in [5.74, 6) is 2.87. The monoisotopic (exact) mass is 639 g/mol. The zero-order valence-electron chi connectivity index (χ0n) is 23.5. The van der Waals surface area contributed by atoms with E-state index in [9.17, 15) is 14.4 Å². The van der Waals surface area contributed by atoms with Crippen molar-refractivity contribution in [3.8, 4) is 17.2 Å². The molecule has 7 nitrogen and oxygen atoms in total. The number of benzene rings is 2. The van der Waals surface area contributed by atoms with E-state index in [2.05, 4.69) is 15.9 Å². The smallest absolute Gasteiger partial charge is 0.317 e. The highest BCUT2D eigenvalue weighted by Gasteiger charge is 2.55. The van der Waals surface area contributed by atoms with Gasteiger partial charge in [-0.2, -0.15) is 0 Å². The first-order valence-electron chi connectivity index (χ1n) is 14.2. The molecular formula is C32H34BrNO6S. The number of hydrogen-bond donors (Lipinski definition) is 0. The second-order valence-corrected chi connectivity index (χ2v) is 13.9. The Balaban J connectivity index is 1.14. The molecule has 1 saturated heterocycles. The van der Waals surface area contributed by atoms with Crippen LogP contribution in [0.1, 0.15) is 55.2 Å². The molecule has 7 rings (SSSR count). The molecule has 2 aromatic rings. The molecule has 41 heavy (non-hydrogen) atoms. The van der Waals surface area contributed by atoms with E-state index in [1.165, 1.54) is 31.3 Å². The number of amides is 2. The average molecular weight is 641 g/mol. The molecule has 0 aromatic heterocycles. The van der Waals surface area contributed by atoms with Gasteiger partial charge in [-0.15, -0.1) is 0 Å². The molecule has 0 radical (unpaired) electrons. The van der Waals surface area contributed by atoms with Crippen molar-refractivity contribution in [3.63, 3.8) is 0 Å². The van der Waals surface area contributed by atoms with Crippen molar-refractivity contribution in [1.29, 1.82) is 0 Å². The van der Waals surface area contributed by atoms with E-state index in [0.717, 1.165) is 47.9 Å².